The lowest BCUT2D eigenvalue weighted by Crippen LogP contribution is -2.23. The first-order valence-electron chi connectivity index (χ1n) is 6.92. The van der Waals surface area contributed by atoms with Gasteiger partial charge in [0.25, 0.3) is 5.91 Å². The second kappa shape index (κ2) is 6.85. The van der Waals surface area contributed by atoms with Crippen LogP contribution in [0, 0.1) is 5.92 Å². The first kappa shape index (κ1) is 15.7. The fourth-order valence-electron chi connectivity index (χ4n) is 2.21. The van der Waals surface area contributed by atoms with E-state index in [2.05, 4.69) is 39.1 Å². The van der Waals surface area contributed by atoms with Crippen LogP contribution >= 0.6 is 15.9 Å². The third-order valence-electron chi connectivity index (χ3n) is 3.70. The van der Waals surface area contributed by atoms with Gasteiger partial charge in [0.2, 0.25) is 0 Å². The Morgan fingerprint density at radius 3 is 2.67 bits per heavy atom. The van der Waals surface area contributed by atoms with Crippen molar-refractivity contribution in [1.29, 1.82) is 0 Å². The third-order valence-corrected chi connectivity index (χ3v) is 4.23. The molecule has 0 aliphatic heterocycles. The number of carbonyl (C=O) groups excluding carboxylic acids is 1. The van der Waals surface area contributed by atoms with Crippen molar-refractivity contribution in [2.24, 2.45) is 11.0 Å². The molecule has 0 bridgehead atoms. The molecule has 1 aliphatic rings. The molecule has 1 N–H and O–H groups in total. The van der Waals surface area contributed by atoms with Crippen molar-refractivity contribution in [2.45, 2.75) is 26.7 Å². The number of carbonyl (C=O) groups is 1. The van der Waals surface area contributed by atoms with Gasteiger partial charge < -0.3 is 0 Å². The molecule has 0 radical (unpaired) electrons. The Balaban J connectivity index is 2.07. The van der Waals surface area contributed by atoms with Crippen molar-refractivity contribution >= 4 is 27.5 Å². The molecule has 1 aromatic carbocycles. The minimum atomic E-state index is -0.194. The maximum atomic E-state index is 12.1. The molecule has 0 spiro atoms. The normalized spacial score (nSPS) is 20.0. The van der Waals surface area contributed by atoms with Crippen LogP contribution in [0.5, 0.6) is 0 Å². The van der Waals surface area contributed by atoms with Crippen molar-refractivity contribution in [1.82, 2.24) is 5.43 Å². The zero-order valence-electron chi connectivity index (χ0n) is 12.3. The van der Waals surface area contributed by atoms with Gasteiger partial charge in [0.15, 0.2) is 0 Å². The molecule has 3 nitrogen and oxygen atoms in total. The summed E-state index contributed by atoms with van der Waals surface area (Å²) in [7, 11) is 0. The number of nitrogens with one attached hydrogen (secondary N) is 1. The molecule has 21 heavy (non-hydrogen) atoms. The molecule has 0 saturated carbocycles. The lowest BCUT2D eigenvalue weighted by molar-refractivity contribution is 0.0954. The molecule has 1 atom stereocenters. The summed E-state index contributed by atoms with van der Waals surface area (Å²) in [6.45, 7) is 8.08. The molecule has 1 aliphatic carbocycles. The SMILES string of the molecule is C=C(C)C1CC=C(C)C(=NNC(=O)c2ccc(Br)cc2)C1. The van der Waals surface area contributed by atoms with E-state index in [9.17, 15) is 4.79 Å². The van der Waals surface area contributed by atoms with Crippen LogP contribution in [0.25, 0.3) is 0 Å². The van der Waals surface area contributed by atoms with Crippen LogP contribution in [0.4, 0.5) is 0 Å². The number of allylic oxidation sites excluding steroid dienone is 3. The Hall–Kier alpha value is -1.68. The number of nitrogens with zero attached hydrogens (tertiary/aromatic N) is 1. The molecule has 1 aromatic rings. The Bertz CT molecular complexity index is 614. The van der Waals surface area contributed by atoms with Crippen LogP contribution in [-0.2, 0) is 0 Å². The molecular formula is C17H19BrN2O. The van der Waals surface area contributed by atoms with Crippen LogP contribution in [0.1, 0.15) is 37.0 Å². The number of hydrazone groups is 1. The average Bonchev–Trinajstić information content (AvgIpc) is 2.46. The first-order chi connectivity index (χ1) is 9.97. The fourth-order valence-corrected chi connectivity index (χ4v) is 2.47. The Morgan fingerprint density at radius 1 is 1.38 bits per heavy atom. The lowest BCUT2D eigenvalue weighted by Gasteiger charge is -2.22. The van der Waals surface area contributed by atoms with E-state index in [1.807, 2.05) is 26.0 Å². The van der Waals surface area contributed by atoms with E-state index in [4.69, 9.17) is 0 Å². The van der Waals surface area contributed by atoms with Gasteiger partial charge in [-0.25, -0.2) is 5.43 Å². The lowest BCUT2D eigenvalue weighted by atomic mass is 9.85. The molecular weight excluding hydrogens is 328 g/mol. The summed E-state index contributed by atoms with van der Waals surface area (Å²) in [5.74, 6) is 0.220. The predicted octanol–water partition coefficient (Wildman–Crippen LogP) is 4.47. The Kier molecular flexibility index (Phi) is 5.12. The maximum Gasteiger partial charge on any atom is 0.271 e. The van der Waals surface area contributed by atoms with E-state index in [1.54, 1.807) is 12.1 Å². The van der Waals surface area contributed by atoms with E-state index < -0.39 is 0 Å². The number of amides is 1. The molecule has 1 unspecified atom stereocenters. The van der Waals surface area contributed by atoms with Gasteiger partial charge >= 0.3 is 0 Å². The van der Waals surface area contributed by atoms with Crippen molar-refractivity contribution in [3.05, 3.63) is 58.1 Å². The topological polar surface area (TPSA) is 41.5 Å². The Labute approximate surface area is 134 Å². The van der Waals surface area contributed by atoms with Crippen LogP contribution in [0.3, 0.4) is 0 Å². The average molecular weight is 347 g/mol. The molecule has 2 rings (SSSR count). The second-order valence-corrected chi connectivity index (χ2v) is 6.29. The van der Waals surface area contributed by atoms with E-state index in [0.717, 1.165) is 34.2 Å². The largest absolute Gasteiger partial charge is 0.271 e. The van der Waals surface area contributed by atoms with Gasteiger partial charge in [-0.2, -0.15) is 5.10 Å². The summed E-state index contributed by atoms with van der Waals surface area (Å²) in [5.41, 5.74) is 6.45. The number of rotatable bonds is 3. The molecule has 0 fully saturated rings. The quantitative estimate of drug-likeness (QED) is 0.636. The summed E-state index contributed by atoms with van der Waals surface area (Å²) in [4.78, 5) is 12.1. The smallest absolute Gasteiger partial charge is 0.267 e. The highest BCUT2D eigenvalue weighted by atomic mass is 79.9. The zero-order chi connectivity index (χ0) is 15.4. The summed E-state index contributed by atoms with van der Waals surface area (Å²) < 4.78 is 0.945. The summed E-state index contributed by atoms with van der Waals surface area (Å²) >= 11 is 3.35. The van der Waals surface area contributed by atoms with E-state index >= 15 is 0 Å². The molecule has 1 amide bonds. The number of hydrogen-bond acceptors (Lipinski definition) is 2. The van der Waals surface area contributed by atoms with E-state index in [1.165, 1.54) is 0 Å². The van der Waals surface area contributed by atoms with Gasteiger partial charge in [-0.05, 0) is 62.4 Å². The fraction of sp³-hybridized carbons (Fsp3) is 0.294. The highest BCUT2D eigenvalue weighted by Gasteiger charge is 2.18. The predicted molar refractivity (Wildman–Crippen MR) is 90.3 cm³/mol. The van der Waals surface area contributed by atoms with Gasteiger partial charge in [0.1, 0.15) is 0 Å². The van der Waals surface area contributed by atoms with Gasteiger partial charge in [0.05, 0.1) is 5.71 Å². The molecule has 0 heterocycles. The highest BCUT2D eigenvalue weighted by molar-refractivity contribution is 9.10. The highest BCUT2D eigenvalue weighted by Crippen LogP contribution is 2.26. The second-order valence-electron chi connectivity index (χ2n) is 5.38. The minimum Gasteiger partial charge on any atom is -0.267 e. The van der Waals surface area contributed by atoms with Gasteiger partial charge in [-0.15, -0.1) is 0 Å². The summed E-state index contributed by atoms with van der Waals surface area (Å²) in [5, 5.41) is 4.29. The molecule has 4 heteroatoms. The van der Waals surface area contributed by atoms with E-state index in [0.29, 0.717) is 11.5 Å². The Morgan fingerprint density at radius 2 is 2.05 bits per heavy atom. The van der Waals surface area contributed by atoms with Crippen LogP contribution < -0.4 is 5.43 Å². The van der Waals surface area contributed by atoms with Gasteiger partial charge in [-0.3, -0.25) is 4.79 Å². The zero-order valence-corrected chi connectivity index (χ0v) is 13.9. The van der Waals surface area contributed by atoms with Crippen molar-refractivity contribution < 1.29 is 4.79 Å². The van der Waals surface area contributed by atoms with Gasteiger partial charge in [-0.1, -0.05) is 34.2 Å². The van der Waals surface area contributed by atoms with Crippen LogP contribution in [0.15, 0.2) is 57.6 Å². The van der Waals surface area contributed by atoms with Crippen molar-refractivity contribution in [3.63, 3.8) is 0 Å². The number of halogens is 1. The number of hydrogen-bond donors (Lipinski definition) is 1. The van der Waals surface area contributed by atoms with Crippen molar-refractivity contribution in [3.8, 4) is 0 Å². The van der Waals surface area contributed by atoms with Crippen molar-refractivity contribution in [2.75, 3.05) is 0 Å². The van der Waals surface area contributed by atoms with E-state index in [-0.39, 0.29) is 5.91 Å². The van der Waals surface area contributed by atoms with Crippen LogP contribution in [0.2, 0.25) is 0 Å². The molecule has 0 saturated heterocycles. The monoisotopic (exact) mass is 346 g/mol. The minimum absolute atomic E-state index is 0.194. The first-order valence-corrected chi connectivity index (χ1v) is 7.71. The van der Waals surface area contributed by atoms with Gasteiger partial charge in [0, 0.05) is 10.0 Å². The summed E-state index contributed by atoms with van der Waals surface area (Å²) in [6.07, 6.45) is 3.99. The molecule has 0 aromatic heterocycles. The maximum absolute atomic E-state index is 12.1. The van der Waals surface area contributed by atoms with Crippen LogP contribution in [-0.4, -0.2) is 11.6 Å². The number of benzene rings is 1. The standard InChI is InChI=1S/C17H19BrN2O/c1-11(2)14-5-4-12(3)16(10-14)19-20-17(21)13-6-8-15(18)9-7-13/h4,6-9,14H,1,5,10H2,2-3H3,(H,20,21). The molecule has 110 valence electrons. The summed E-state index contributed by atoms with van der Waals surface area (Å²) in [6, 6.07) is 7.20. The third kappa shape index (κ3) is 4.14.